The van der Waals surface area contributed by atoms with E-state index in [1.807, 2.05) is 30.3 Å². The summed E-state index contributed by atoms with van der Waals surface area (Å²) in [4.78, 5) is 36.5. The molecule has 0 unspecified atom stereocenters. The molecule has 2 N–H and O–H groups in total. The first kappa shape index (κ1) is 21.5. The molecule has 0 aliphatic carbocycles. The summed E-state index contributed by atoms with van der Waals surface area (Å²) in [5, 5.41) is 5.35. The van der Waals surface area contributed by atoms with E-state index < -0.39 is 27.9 Å². The van der Waals surface area contributed by atoms with Crippen molar-refractivity contribution in [2.75, 3.05) is 13.1 Å². The number of hydrogen-bond acceptors (Lipinski definition) is 5. The van der Waals surface area contributed by atoms with Crippen LogP contribution in [0.15, 0.2) is 53.4 Å². The zero-order chi connectivity index (χ0) is 21.9. The highest BCUT2D eigenvalue weighted by molar-refractivity contribution is 7.90. The molecule has 2 aromatic rings. The molecule has 1 aliphatic heterocycles. The quantitative estimate of drug-likeness (QED) is 0.645. The number of carbonyl (C=O) groups is 3. The van der Waals surface area contributed by atoms with Gasteiger partial charge in [-0.25, -0.2) is 12.7 Å². The number of nitrogens with one attached hydrogen (secondary N) is 2. The predicted molar refractivity (Wildman–Crippen MR) is 110 cm³/mol. The lowest BCUT2D eigenvalue weighted by molar-refractivity contribution is -0.120. The van der Waals surface area contributed by atoms with Crippen LogP contribution in [0.4, 0.5) is 0 Å². The third kappa shape index (κ3) is 4.35. The standard InChI is InChI=1S/C21H23N3O5S/c1-14(2)24-21(27)17-9-8-16(13-18(17)30(24,28)29)20(26)23-11-10-22-19(25)12-15-6-4-3-5-7-15/h3-9,13-14H,10-12H2,1-2H3,(H,22,25)(H,23,26). The van der Waals surface area contributed by atoms with E-state index >= 15 is 0 Å². The Morgan fingerprint density at radius 1 is 1.00 bits per heavy atom. The van der Waals surface area contributed by atoms with Gasteiger partial charge in [0.05, 0.1) is 12.0 Å². The van der Waals surface area contributed by atoms with Crippen molar-refractivity contribution in [2.45, 2.75) is 31.2 Å². The summed E-state index contributed by atoms with van der Waals surface area (Å²) < 4.78 is 26.1. The molecule has 9 heteroatoms. The number of sulfonamides is 1. The van der Waals surface area contributed by atoms with Crippen LogP contribution in [0, 0.1) is 0 Å². The van der Waals surface area contributed by atoms with Gasteiger partial charge in [0.2, 0.25) is 5.91 Å². The van der Waals surface area contributed by atoms with Crippen molar-refractivity contribution in [3.8, 4) is 0 Å². The second kappa shape index (κ2) is 8.66. The van der Waals surface area contributed by atoms with E-state index in [-0.39, 0.29) is 41.4 Å². The minimum Gasteiger partial charge on any atom is -0.354 e. The summed E-state index contributed by atoms with van der Waals surface area (Å²) >= 11 is 0. The molecule has 0 atom stereocenters. The van der Waals surface area contributed by atoms with Crippen LogP contribution >= 0.6 is 0 Å². The molecule has 0 bridgehead atoms. The average molecular weight is 429 g/mol. The SMILES string of the molecule is CC(C)N1C(=O)c2ccc(C(=O)NCCNC(=O)Cc3ccccc3)cc2S1(=O)=O. The van der Waals surface area contributed by atoms with Crippen LogP contribution in [0.3, 0.4) is 0 Å². The number of nitrogens with zero attached hydrogens (tertiary/aromatic N) is 1. The second-order valence-electron chi connectivity index (χ2n) is 7.18. The summed E-state index contributed by atoms with van der Waals surface area (Å²) in [6.45, 7) is 3.64. The molecule has 0 fully saturated rings. The molecule has 0 spiro atoms. The molecule has 0 saturated heterocycles. The van der Waals surface area contributed by atoms with Crippen LogP contribution in [0.5, 0.6) is 0 Å². The van der Waals surface area contributed by atoms with Gasteiger partial charge in [0, 0.05) is 24.7 Å². The van der Waals surface area contributed by atoms with E-state index in [9.17, 15) is 22.8 Å². The number of fused-ring (bicyclic) bond motifs is 1. The number of rotatable bonds is 7. The van der Waals surface area contributed by atoms with E-state index in [1.165, 1.54) is 18.2 Å². The molecule has 30 heavy (non-hydrogen) atoms. The minimum absolute atomic E-state index is 0.0634. The van der Waals surface area contributed by atoms with Crippen LogP contribution < -0.4 is 10.6 Å². The van der Waals surface area contributed by atoms with Crippen molar-refractivity contribution in [2.24, 2.45) is 0 Å². The molecule has 0 saturated carbocycles. The fourth-order valence-corrected chi connectivity index (χ4v) is 5.02. The fourth-order valence-electron chi connectivity index (χ4n) is 3.22. The van der Waals surface area contributed by atoms with Crippen molar-refractivity contribution in [1.29, 1.82) is 0 Å². The van der Waals surface area contributed by atoms with Crippen LogP contribution in [-0.2, 0) is 21.2 Å². The summed E-state index contributed by atoms with van der Waals surface area (Å²) in [6.07, 6.45) is 0.248. The summed E-state index contributed by atoms with van der Waals surface area (Å²) in [5.41, 5.74) is 1.09. The van der Waals surface area contributed by atoms with E-state index in [4.69, 9.17) is 0 Å². The van der Waals surface area contributed by atoms with Crippen LogP contribution in [0.1, 0.15) is 40.1 Å². The third-order valence-electron chi connectivity index (χ3n) is 4.62. The van der Waals surface area contributed by atoms with Crippen molar-refractivity contribution < 1.29 is 22.8 Å². The number of benzene rings is 2. The van der Waals surface area contributed by atoms with Crippen molar-refractivity contribution >= 4 is 27.7 Å². The molecule has 1 aliphatic rings. The number of amides is 3. The monoisotopic (exact) mass is 429 g/mol. The average Bonchev–Trinajstić information content (AvgIpc) is 2.91. The molecule has 2 aromatic carbocycles. The Morgan fingerprint density at radius 2 is 1.67 bits per heavy atom. The smallest absolute Gasteiger partial charge is 0.269 e. The minimum atomic E-state index is -3.97. The first-order chi connectivity index (χ1) is 14.2. The van der Waals surface area contributed by atoms with E-state index in [0.717, 1.165) is 9.87 Å². The predicted octanol–water partition coefficient (Wildman–Crippen LogP) is 1.33. The second-order valence-corrected chi connectivity index (χ2v) is 8.96. The van der Waals surface area contributed by atoms with Gasteiger partial charge in [-0.3, -0.25) is 14.4 Å². The molecular weight excluding hydrogens is 406 g/mol. The summed E-state index contributed by atoms with van der Waals surface area (Å²) in [7, 11) is -3.97. The zero-order valence-corrected chi connectivity index (χ0v) is 17.5. The van der Waals surface area contributed by atoms with Gasteiger partial charge in [0.1, 0.15) is 4.90 Å². The highest BCUT2D eigenvalue weighted by Gasteiger charge is 2.42. The van der Waals surface area contributed by atoms with Gasteiger partial charge in [-0.2, -0.15) is 0 Å². The number of hydrogen-bond donors (Lipinski definition) is 2. The Balaban J connectivity index is 1.57. The van der Waals surface area contributed by atoms with Crippen molar-refractivity contribution in [1.82, 2.24) is 14.9 Å². The molecule has 0 radical (unpaired) electrons. The molecule has 158 valence electrons. The molecule has 0 aromatic heterocycles. The van der Waals surface area contributed by atoms with Crippen LogP contribution in [0.2, 0.25) is 0 Å². The highest BCUT2D eigenvalue weighted by atomic mass is 32.2. The Bertz CT molecular complexity index is 1080. The Labute approximate surface area is 175 Å². The molecular formula is C21H23N3O5S. The Kier molecular flexibility index (Phi) is 6.21. The van der Waals surface area contributed by atoms with Crippen LogP contribution in [-0.4, -0.2) is 49.6 Å². The first-order valence-corrected chi connectivity index (χ1v) is 11.0. The van der Waals surface area contributed by atoms with Crippen molar-refractivity contribution in [3.05, 3.63) is 65.2 Å². The summed E-state index contributed by atoms with van der Waals surface area (Å²) in [6, 6.07) is 12.8. The third-order valence-corrected chi connectivity index (χ3v) is 6.62. The van der Waals surface area contributed by atoms with Gasteiger partial charge in [0.25, 0.3) is 21.8 Å². The van der Waals surface area contributed by atoms with E-state index in [1.54, 1.807) is 13.8 Å². The maximum absolute atomic E-state index is 12.6. The zero-order valence-electron chi connectivity index (χ0n) is 16.7. The first-order valence-electron chi connectivity index (χ1n) is 9.53. The van der Waals surface area contributed by atoms with Gasteiger partial charge in [0.15, 0.2) is 0 Å². The summed E-state index contributed by atoms with van der Waals surface area (Å²) in [5.74, 6) is -1.24. The topological polar surface area (TPSA) is 113 Å². The fraction of sp³-hybridized carbons (Fsp3) is 0.286. The van der Waals surface area contributed by atoms with Gasteiger partial charge < -0.3 is 10.6 Å². The van der Waals surface area contributed by atoms with Gasteiger partial charge in [-0.1, -0.05) is 30.3 Å². The van der Waals surface area contributed by atoms with Gasteiger partial charge in [-0.15, -0.1) is 0 Å². The van der Waals surface area contributed by atoms with Gasteiger partial charge >= 0.3 is 0 Å². The Hall–Kier alpha value is -3.20. The van der Waals surface area contributed by atoms with E-state index in [0.29, 0.717) is 0 Å². The number of carbonyl (C=O) groups excluding carboxylic acids is 3. The molecule has 8 nitrogen and oxygen atoms in total. The Morgan fingerprint density at radius 3 is 2.33 bits per heavy atom. The molecule has 3 rings (SSSR count). The lowest BCUT2D eigenvalue weighted by atomic mass is 10.1. The molecule has 1 heterocycles. The van der Waals surface area contributed by atoms with E-state index in [2.05, 4.69) is 10.6 Å². The lowest BCUT2D eigenvalue weighted by Crippen LogP contribution is -2.36. The maximum Gasteiger partial charge on any atom is 0.269 e. The van der Waals surface area contributed by atoms with Gasteiger partial charge in [-0.05, 0) is 37.6 Å². The van der Waals surface area contributed by atoms with Crippen LogP contribution in [0.25, 0.3) is 0 Å². The lowest BCUT2D eigenvalue weighted by Gasteiger charge is -2.18. The maximum atomic E-state index is 12.6. The normalized spacial score (nSPS) is 14.5. The molecule has 3 amide bonds. The highest BCUT2D eigenvalue weighted by Crippen LogP contribution is 2.32. The largest absolute Gasteiger partial charge is 0.354 e. The van der Waals surface area contributed by atoms with Crippen molar-refractivity contribution in [3.63, 3.8) is 0 Å².